The molecule has 1 saturated heterocycles. The Bertz CT molecular complexity index is 867. The van der Waals surface area contributed by atoms with Crippen molar-refractivity contribution in [2.24, 2.45) is 0 Å². The van der Waals surface area contributed by atoms with E-state index in [1.807, 2.05) is 31.2 Å². The number of benzene rings is 1. The molecule has 24 heavy (non-hydrogen) atoms. The summed E-state index contributed by atoms with van der Waals surface area (Å²) in [4.78, 5) is 4.07. The maximum absolute atomic E-state index is 12.7. The van der Waals surface area contributed by atoms with Crippen LogP contribution in [0.1, 0.15) is 11.3 Å². The largest absolute Gasteiger partial charge is 0.422 e. The highest BCUT2D eigenvalue weighted by Gasteiger charge is 2.33. The molecule has 0 radical (unpaired) electrons. The van der Waals surface area contributed by atoms with Crippen LogP contribution in [-0.4, -0.2) is 43.9 Å². The van der Waals surface area contributed by atoms with Gasteiger partial charge >= 0.3 is 0 Å². The highest BCUT2D eigenvalue weighted by atomic mass is 35.5. The molecule has 0 saturated carbocycles. The monoisotopic (exact) mass is 368 g/mol. The second kappa shape index (κ2) is 7.32. The number of oxazole rings is 1. The summed E-state index contributed by atoms with van der Waals surface area (Å²) in [7, 11) is -3.86. The molecule has 0 unspecified atom stereocenters. The molecule has 0 amide bonds. The van der Waals surface area contributed by atoms with Crippen molar-refractivity contribution >= 4 is 22.4 Å². The van der Waals surface area contributed by atoms with E-state index < -0.39 is 10.0 Å². The van der Waals surface area contributed by atoms with Crippen LogP contribution in [0.5, 0.6) is 0 Å². The van der Waals surface area contributed by atoms with E-state index in [0.717, 1.165) is 5.56 Å². The van der Waals surface area contributed by atoms with Gasteiger partial charge in [-0.25, -0.2) is 8.42 Å². The second-order valence-corrected chi connectivity index (χ2v) is 7.07. The smallest absolute Gasteiger partial charge is 0.279 e. The minimum absolute atomic E-state index is 0. The van der Waals surface area contributed by atoms with Gasteiger partial charge in [0, 0.05) is 31.7 Å². The molecule has 0 spiro atoms. The van der Waals surface area contributed by atoms with Gasteiger partial charge < -0.3 is 9.73 Å². The molecule has 9 heteroatoms. The quantitative estimate of drug-likeness (QED) is 0.882. The van der Waals surface area contributed by atoms with Crippen LogP contribution in [0, 0.1) is 18.3 Å². The Morgan fingerprint density at radius 3 is 2.58 bits per heavy atom. The van der Waals surface area contributed by atoms with E-state index in [-0.39, 0.29) is 29.1 Å². The lowest BCUT2D eigenvalue weighted by Gasteiger charge is -2.25. The van der Waals surface area contributed by atoms with Crippen molar-refractivity contribution in [3.63, 3.8) is 0 Å². The molecule has 1 N–H and O–H groups in total. The van der Waals surface area contributed by atoms with Crippen molar-refractivity contribution < 1.29 is 12.8 Å². The Morgan fingerprint density at radius 1 is 1.29 bits per heavy atom. The Morgan fingerprint density at radius 2 is 1.96 bits per heavy atom. The van der Waals surface area contributed by atoms with Crippen molar-refractivity contribution in [3.05, 3.63) is 35.5 Å². The molecular formula is C15H17ClN4O3S. The molecule has 2 heterocycles. The summed E-state index contributed by atoms with van der Waals surface area (Å²) in [5, 5.41) is 12.0. The zero-order chi connectivity index (χ0) is 16.4. The lowest BCUT2D eigenvalue weighted by Crippen LogP contribution is -2.46. The van der Waals surface area contributed by atoms with E-state index in [0.29, 0.717) is 31.7 Å². The summed E-state index contributed by atoms with van der Waals surface area (Å²) in [5.41, 5.74) is 1.36. The van der Waals surface area contributed by atoms with Crippen molar-refractivity contribution in [3.8, 4) is 17.5 Å². The molecule has 1 aliphatic heterocycles. The molecular weight excluding hydrogens is 352 g/mol. The van der Waals surface area contributed by atoms with Crippen LogP contribution in [0.3, 0.4) is 0 Å². The second-order valence-electron chi connectivity index (χ2n) is 5.24. The molecule has 0 aliphatic carbocycles. The number of nitrogens with one attached hydrogen (secondary N) is 1. The SMILES string of the molecule is Cc1ccccc1-c1nc(C#N)c(S(=O)(=O)N2CCNCC2)o1.Cl. The van der Waals surface area contributed by atoms with E-state index in [1.54, 1.807) is 6.07 Å². The highest BCUT2D eigenvalue weighted by Crippen LogP contribution is 2.28. The van der Waals surface area contributed by atoms with Crippen LogP contribution in [0.15, 0.2) is 33.8 Å². The van der Waals surface area contributed by atoms with Crippen molar-refractivity contribution in [1.29, 1.82) is 5.26 Å². The zero-order valence-electron chi connectivity index (χ0n) is 13.0. The number of nitriles is 1. The number of sulfonamides is 1. The Hall–Kier alpha value is -1.92. The third-order valence-corrected chi connectivity index (χ3v) is 5.52. The summed E-state index contributed by atoms with van der Waals surface area (Å²) >= 11 is 0. The number of nitrogens with zero attached hydrogens (tertiary/aromatic N) is 3. The lowest BCUT2D eigenvalue weighted by atomic mass is 10.1. The van der Waals surface area contributed by atoms with Crippen molar-refractivity contribution in [2.45, 2.75) is 12.0 Å². The number of aromatic nitrogens is 1. The molecule has 128 valence electrons. The van der Waals surface area contributed by atoms with Crippen LogP contribution in [0.2, 0.25) is 0 Å². The summed E-state index contributed by atoms with van der Waals surface area (Å²) in [6.45, 7) is 3.69. The third-order valence-electron chi connectivity index (χ3n) is 3.73. The summed E-state index contributed by atoms with van der Waals surface area (Å²) in [5.74, 6) is 0.147. The van der Waals surface area contributed by atoms with Crippen LogP contribution in [-0.2, 0) is 10.0 Å². The van der Waals surface area contributed by atoms with Crippen LogP contribution >= 0.6 is 12.4 Å². The van der Waals surface area contributed by atoms with Gasteiger partial charge in [0.2, 0.25) is 5.89 Å². The molecule has 1 aliphatic rings. The first-order chi connectivity index (χ1) is 11.0. The predicted molar refractivity (Wildman–Crippen MR) is 90.3 cm³/mol. The van der Waals surface area contributed by atoms with Gasteiger partial charge in [0.25, 0.3) is 15.1 Å². The Labute approximate surface area is 146 Å². The van der Waals surface area contributed by atoms with E-state index in [1.165, 1.54) is 4.31 Å². The molecule has 2 aromatic rings. The maximum atomic E-state index is 12.7. The number of rotatable bonds is 3. The normalized spacial score (nSPS) is 15.5. The van der Waals surface area contributed by atoms with Gasteiger partial charge in [-0.15, -0.1) is 12.4 Å². The standard InChI is InChI=1S/C15H16N4O3S.ClH/c1-11-4-2-3-5-12(11)14-18-13(10-16)15(22-14)23(20,21)19-8-6-17-7-9-19;/h2-5,17H,6-9H2,1H3;1H. The Kier molecular flexibility index (Phi) is 5.62. The van der Waals surface area contributed by atoms with Crippen molar-refractivity contribution in [2.75, 3.05) is 26.2 Å². The van der Waals surface area contributed by atoms with E-state index in [9.17, 15) is 13.7 Å². The molecule has 0 atom stereocenters. The Balaban J connectivity index is 0.00000208. The third kappa shape index (κ3) is 3.30. The first kappa shape index (κ1) is 18.4. The minimum Gasteiger partial charge on any atom is -0.422 e. The topological polar surface area (TPSA) is 99.2 Å². The summed E-state index contributed by atoms with van der Waals surface area (Å²) in [6, 6.07) is 9.15. The number of hydrogen-bond acceptors (Lipinski definition) is 6. The van der Waals surface area contributed by atoms with E-state index in [4.69, 9.17) is 4.42 Å². The number of piperazine rings is 1. The van der Waals surface area contributed by atoms with Crippen LogP contribution in [0.4, 0.5) is 0 Å². The van der Waals surface area contributed by atoms with Gasteiger partial charge in [-0.3, -0.25) is 0 Å². The van der Waals surface area contributed by atoms with Gasteiger partial charge in [0.1, 0.15) is 6.07 Å². The van der Waals surface area contributed by atoms with Crippen molar-refractivity contribution in [1.82, 2.24) is 14.6 Å². The van der Waals surface area contributed by atoms with E-state index in [2.05, 4.69) is 10.3 Å². The van der Waals surface area contributed by atoms with Gasteiger partial charge in [0.15, 0.2) is 5.69 Å². The molecule has 1 fully saturated rings. The van der Waals surface area contributed by atoms with Gasteiger partial charge in [-0.2, -0.15) is 14.6 Å². The first-order valence-electron chi connectivity index (χ1n) is 7.22. The molecule has 3 rings (SSSR count). The van der Waals surface area contributed by atoms with Gasteiger partial charge in [-0.1, -0.05) is 18.2 Å². The average Bonchev–Trinajstić information content (AvgIpc) is 3.01. The summed E-state index contributed by atoms with van der Waals surface area (Å²) < 4.78 is 32.2. The molecule has 1 aromatic carbocycles. The van der Waals surface area contributed by atoms with Gasteiger partial charge in [-0.05, 0) is 18.6 Å². The molecule has 1 aromatic heterocycles. The van der Waals surface area contributed by atoms with Crippen LogP contribution in [0.25, 0.3) is 11.5 Å². The fourth-order valence-corrected chi connectivity index (χ4v) is 3.90. The molecule has 7 nitrogen and oxygen atoms in total. The van der Waals surface area contributed by atoms with Gasteiger partial charge in [0.05, 0.1) is 0 Å². The minimum atomic E-state index is -3.86. The number of aryl methyl sites for hydroxylation is 1. The molecule has 0 bridgehead atoms. The zero-order valence-corrected chi connectivity index (χ0v) is 14.7. The maximum Gasteiger partial charge on any atom is 0.279 e. The summed E-state index contributed by atoms with van der Waals surface area (Å²) in [6.07, 6.45) is 0. The first-order valence-corrected chi connectivity index (χ1v) is 8.66. The fraction of sp³-hybridized carbons (Fsp3) is 0.333. The number of halogens is 1. The number of hydrogen-bond donors (Lipinski definition) is 1. The highest BCUT2D eigenvalue weighted by molar-refractivity contribution is 7.89. The fourth-order valence-electron chi connectivity index (χ4n) is 2.48. The lowest BCUT2D eigenvalue weighted by molar-refractivity contribution is 0.344. The van der Waals surface area contributed by atoms with Crippen LogP contribution < -0.4 is 5.32 Å². The average molecular weight is 369 g/mol. The van der Waals surface area contributed by atoms with E-state index >= 15 is 0 Å². The predicted octanol–water partition coefficient (Wildman–Crippen LogP) is 1.54.